The third-order valence-electron chi connectivity index (χ3n) is 4.04. The van der Waals surface area contributed by atoms with Gasteiger partial charge < -0.3 is 4.57 Å². The summed E-state index contributed by atoms with van der Waals surface area (Å²) in [5.74, 6) is 0.518. The highest BCUT2D eigenvalue weighted by molar-refractivity contribution is 5.76. The lowest BCUT2D eigenvalue weighted by Gasteiger charge is -2.08. The minimum Gasteiger partial charge on any atom is -0.347 e. The molecule has 1 nitrogen and oxygen atoms in total. The zero-order valence-corrected chi connectivity index (χ0v) is 15.1. The first kappa shape index (κ1) is 18.3. The van der Waals surface area contributed by atoms with Gasteiger partial charge in [-0.25, -0.2) is 0 Å². The van der Waals surface area contributed by atoms with Crippen LogP contribution in [0, 0.1) is 5.92 Å². The number of allylic oxidation sites excluding steroid dienone is 5. The van der Waals surface area contributed by atoms with E-state index < -0.39 is 0 Å². The van der Waals surface area contributed by atoms with Crippen LogP contribution in [0.1, 0.15) is 53.5 Å². The van der Waals surface area contributed by atoms with Gasteiger partial charge in [0.15, 0.2) is 0 Å². The van der Waals surface area contributed by atoms with E-state index >= 15 is 0 Å². The Morgan fingerprint density at radius 1 is 1.23 bits per heavy atom. The Kier molecular flexibility index (Phi) is 7.17. The number of aryl methyl sites for hydroxylation is 1. The molecule has 1 aromatic heterocycles. The minimum atomic E-state index is 0.518. The Morgan fingerprint density at radius 3 is 2.32 bits per heavy atom. The summed E-state index contributed by atoms with van der Waals surface area (Å²) in [4.78, 5) is 0. The maximum atomic E-state index is 4.04. The normalized spacial score (nSPS) is 15.0. The fraction of sp³-hybridized carbons (Fsp3) is 0.429. The molecule has 0 atom stereocenters. The predicted octanol–water partition coefficient (Wildman–Crippen LogP) is 4.67. The van der Waals surface area contributed by atoms with Crippen LogP contribution in [-0.2, 0) is 6.54 Å². The van der Waals surface area contributed by atoms with E-state index in [-0.39, 0.29) is 0 Å². The molecule has 0 aromatic carbocycles. The van der Waals surface area contributed by atoms with Gasteiger partial charge in [-0.2, -0.15) is 0 Å². The van der Waals surface area contributed by atoms with Crippen LogP contribution >= 0.6 is 0 Å². The Labute approximate surface area is 136 Å². The zero-order chi connectivity index (χ0) is 16.7. The van der Waals surface area contributed by atoms with Crippen molar-refractivity contribution in [3.8, 4) is 0 Å². The second kappa shape index (κ2) is 8.63. The van der Waals surface area contributed by atoms with Gasteiger partial charge in [0.25, 0.3) is 0 Å². The summed E-state index contributed by atoms with van der Waals surface area (Å²) in [7, 11) is 0. The standard InChI is InChI=1S/C21H31N/c1-8-13-22-15-20(19(11-4)21(22)12-5)18(10-3)14-17(9-2)16(6)7/h9-12,14-16H,3,8,13H2,1-2,4-7H3/b17-9+,18-14+,19-11-,21-12+. The van der Waals surface area contributed by atoms with Crippen molar-refractivity contribution >= 4 is 17.7 Å². The molecule has 0 fully saturated rings. The van der Waals surface area contributed by atoms with E-state index in [0.717, 1.165) is 13.0 Å². The fourth-order valence-electron chi connectivity index (χ4n) is 2.88. The maximum absolute atomic E-state index is 4.04. The van der Waals surface area contributed by atoms with Gasteiger partial charge in [-0.15, -0.1) is 0 Å². The van der Waals surface area contributed by atoms with Crippen LogP contribution in [0.4, 0.5) is 0 Å². The molecule has 1 aromatic rings. The summed E-state index contributed by atoms with van der Waals surface area (Å²) < 4.78 is 2.35. The van der Waals surface area contributed by atoms with E-state index in [1.54, 1.807) is 0 Å². The van der Waals surface area contributed by atoms with Gasteiger partial charge in [-0.1, -0.05) is 57.7 Å². The molecule has 1 heterocycles. The summed E-state index contributed by atoms with van der Waals surface area (Å²) in [6.45, 7) is 18.1. The fourth-order valence-corrected chi connectivity index (χ4v) is 2.88. The van der Waals surface area contributed by atoms with Gasteiger partial charge in [-0.3, -0.25) is 0 Å². The highest BCUT2D eigenvalue weighted by Gasteiger charge is 2.08. The van der Waals surface area contributed by atoms with Crippen LogP contribution in [0.3, 0.4) is 0 Å². The largest absolute Gasteiger partial charge is 0.347 e. The molecule has 0 bridgehead atoms. The lowest BCUT2D eigenvalue weighted by atomic mass is 9.97. The Balaban J connectivity index is 3.60. The smallest absolute Gasteiger partial charge is 0.0440 e. The number of nitrogens with zero attached hydrogens (tertiary/aromatic N) is 1. The lowest BCUT2D eigenvalue weighted by molar-refractivity contribution is 0.665. The summed E-state index contributed by atoms with van der Waals surface area (Å²) in [6, 6.07) is 0. The first-order valence-electron chi connectivity index (χ1n) is 8.36. The highest BCUT2D eigenvalue weighted by atomic mass is 14.9. The number of rotatable bonds is 6. The molecule has 22 heavy (non-hydrogen) atoms. The average molecular weight is 297 g/mol. The summed E-state index contributed by atoms with van der Waals surface area (Å²) in [5.41, 5.74) is 3.83. The SMILES string of the molecule is C=C/C(=C\C(=C/C)C(C)C)c1cn(CCC)c(=C/C)/c1=C\C. The van der Waals surface area contributed by atoms with E-state index in [4.69, 9.17) is 0 Å². The van der Waals surface area contributed by atoms with Gasteiger partial charge >= 0.3 is 0 Å². The quantitative estimate of drug-likeness (QED) is 0.672. The molecule has 1 rings (SSSR count). The Hall–Kier alpha value is -1.76. The summed E-state index contributed by atoms with van der Waals surface area (Å²) in [6.07, 6.45) is 14.3. The monoisotopic (exact) mass is 297 g/mol. The molecule has 0 saturated heterocycles. The minimum absolute atomic E-state index is 0.518. The Morgan fingerprint density at radius 2 is 1.91 bits per heavy atom. The predicted molar refractivity (Wildman–Crippen MR) is 101 cm³/mol. The van der Waals surface area contributed by atoms with Crippen molar-refractivity contribution in [1.82, 2.24) is 4.57 Å². The second-order valence-electron chi connectivity index (χ2n) is 5.86. The third kappa shape index (κ3) is 3.91. The van der Waals surface area contributed by atoms with Crippen molar-refractivity contribution in [2.75, 3.05) is 0 Å². The molecule has 120 valence electrons. The molecule has 0 aliphatic rings. The van der Waals surface area contributed by atoms with Crippen molar-refractivity contribution in [2.45, 2.75) is 54.5 Å². The molecule has 0 amide bonds. The van der Waals surface area contributed by atoms with Crippen molar-refractivity contribution < 1.29 is 0 Å². The Bertz CT molecular complexity index is 678. The van der Waals surface area contributed by atoms with Gasteiger partial charge in [0, 0.05) is 28.9 Å². The second-order valence-corrected chi connectivity index (χ2v) is 5.86. The van der Waals surface area contributed by atoms with Crippen LogP contribution in [0.25, 0.3) is 17.7 Å². The van der Waals surface area contributed by atoms with E-state index in [1.165, 1.54) is 27.3 Å². The van der Waals surface area contributed by atoms with Gasteiger partial charge in [-0.05, 0) is 44.3 Å². The van der Waals surface area contributed by atoms with Gasteiger partial charge in [0.1, 0.15) is 0 Å². The molecule has 0 aliphatic heterocycles. The summed E-state index contributed by atoms with van der Waals surface area (Å²) in [5, 5.41) is 2.61. The van der Waals surface area contributed by atoms with Crippen molar-refractivity contribution in [3.63, 3.8) is 0 Å². The lowest BCUT2D eigenvalue weighted by Crippen LogP contribution is -2.29. The van der Waals surface area contributed by atoms with Crippen molar-refractivity contribution in [3.05, 3.63) is 52.7 Å². The first-order valence-corrected chi connectivity index (χ1v) is 8.36. The van der Waals surface area contributed by atoms with E-state index in [1.807, 2.05) is 6.08 Å². The molecule has 0 spiro atoms. The van der Waals surface area contributed by atoms with E-state index in [2.05, 4.69) is 83.2 Å². The van der Waals surface area contributed by atoms with Crippen LogP contribution in [0.5, 0.6) is 0 Å². The number of hydrogen-bond acceptors (Lipinski definition) is 0. The molecule has 0 aliphatic carbocycles. The molecular weight excluding hydrogens is 266 g/mol. The number of aromatic nitrogens is 1. The van der Waals surface area contributed by atoms with Crippen molar-refractivity contribution in [2.24, 2.45) is 5.92 Å². The highest BCUT2D eigenvalue weighted by Crippen LogP contribution is 2.19. The van der Waals surface area contributed by atoms with Gasteiger partial charge in [0.05, 0.1) is 0 Å². The average Bonchev–Trinajstić information content (AvgIpc) is 2.85. The summed E-state index contributed by atoms with van der Waals surface area (Å²) >= 11 is 0. The molecule has 0 unspecified atom stereocenters. The van der Waals surface area contributed by atoms with E-state index in [0.29, 0.717) is 5.92 Å². The zero-order valence-electron chi connectivity index (χ0n) is 15.1. The molecule has 1 heteroatoms. The van der Waals surface area contributed by atoms with Crippen LogP contribution in [0.2, 0.25) is 0 Å². The van der Waals surface area contributed by atoms with Crippen LogP contribution < -0.4 is 10.6 Å². The third-order valence-corrected chi connectivity index (χ3v) is 4.04. The van der Waals surface area contributed by atoms with Crippen molar-refractivity contribution in [1.29, 1.82) is 0 Å². The first-order chi connectivity index (χ1) is 10.5. The molecule has 0 N–H and O–H groups in total. The van der Waals surface area contributed by atoms with Crippen LogP contribution in [-0.4, -0.2) is 4.57 Å². The molecule has 0 saturated carbocycles. The number of hydrogen-bond donors (Lipinski definition) is 0. The van der Waals surface area contributed by atoms with E-state index in [9.17, 15) is 0 Å². The van der Waals surface area contributed by atoms with Gasteiger partial charge in [0.2, 0.25) is 0 Å². The van der Waals surface area contributed by atoms with Crippen LogP contribution in [0.15, 0.2) is 36.6 Å². The maximum Gasteiger partial charge on any atom is 0.0440 e. The molecule has 0 radical (unpaired) electrons. The molecular formula is C21H31N. The topological polar surface area (TPSA) is 4.93 Å².